The number of nitrogens with one attached hydrogen (secondary N) is 1. The molecule has 0 unspecified atom stereocenters. The molecule has 1 N–H and O–H groups in total. The van der Waals surface area contributed by atoms with Crippen molar-refractivity contribution in [3.8, 4) is 5.75 Å². The van der Waals surface area contributed by atoms with Crippen molar-refractivity contribution in [1.82, 2.24) is 0 Å². The van der Waals surface area contributed by atoms with Crippen LogP contribution in [-0.2, 0) is 6.54 Å². The first kappa shape index (κ1) is 15.0. The molecule has 0 fully saturated rings. The van der Waals surface area contributed by atoms with Gasteiger partial charge in [-0.05, 0) is 47.1 Å². The van der Waals surface area contributed by atoms with Crippen molar-refractivity contribution in [3.63, 3.8) is 0 Å². The molecule has 0 saturated heterocycles. The van der Waals surface area contributed by atoms with Crippen molar-refractivity contribution >= 4 is 56.2 Å². The van der Waals surface area contributed by atoms with Gasteiger partial charge in [0.15, 0.2) is 0 Å². The lowest BCUT2D eigenvalue weighted by Crippen LogP contribution is -1.98. The van der Waals surface area contributed by atoms with E-state index in [1.807, 2.05) is 31.2 Å². The predicted molar refractivity (Wildman–Crippen MR) is 87.0 cm³/mol. The average Bonchev–Trinajstić information content (AvgIpc) is 2.70. The van der Waals surface area contributed by atoms with E-state index in [1.165, 1.54) is 0 Å². The van der Waals surface area contributed by atoms with Crippen LogP contribution in [0.2, 0.25) is 9.36 Å². The van der Waals surface area contributed by atoms with E-state index >= 15 is 0 Å². The number of thiophene rings is 1. The summed E-state index contributed by atoms with van der Waals surface area (Å²) in [6, 6.07) is 7.68. The Morgan fingerprint density at radius 2 is 2.11 bits per heavy atom. The first-order valence-corrected chi connectivity index (χ1v) is 8.06. The van der Waals surface area contributed by atoms with Gasteiger partial charge in [0.2, 0.25) is 0 Å². The first-order chi connectivity index (χ1) is 9.10. The Morgan fingerprint density at radius 1 is 1.32 bits per heavy atom. The smallest absolute Gasteiger partial charge is 0.138 e. The maximum Gasteiger partial charge on any atom is 0.138 e. The molecule has 0 spiro atoms. The summed E-state index contributed by atoms with van der Waals surface area (Å²) in [6.45, 7) is 3.25. The van der Waals surface area contributed by atoms with Crippen LogP contribution < -0.4 is 10.1 Å². The zero-order valence-electron chi connectivity index (χ0n) is 10.2. The number of halogens is 3. The van der Waals surface area contributed by atoms with E-state index in [0.717, 1.165) is 19.4 Å². The number of hydrogen-bond acceptors (Lipinski definition) is 3. The van der Waals surface area contributed by atoms with Gasteiger partial charge in [-0.2, -0.15) is 0 Å². The summed E-state index contributed by atoms with van der Waals surface area (Å²) < 4.78 is 7.09. The van der Waals surface area contributed by atoms with Gasteiger partial charge in [-0.3, -0.25) is 0 Å². The van der Waals surface area contributed by atoms with Crippen molar-refractivity contribution in [2.45, 2.75) is 13.5 Å². The molecular weight excluding hydrogens is 369 g/mol. The number of anilines is 1. The second-order valence-corrected chi connectivity index (χ2v) is 6.77. The fourth-order valence-electron chi connectivity index (χ4n) is 1.55. The monoisotopic (exact) mass is 379 g/mol. The highest BCUT2D eigenvalue weighted by molar-refractivity contribution is 9.10. The fraction of sp³-hybridized carbons (Fsp3) is 0.231. The van der Waals surface area contributed by atoms with E-state index in [2.05, 4.69) is 21.2 Å². The molecule has 0 saturated carbocycles. The molecule has 2 nitrogen and oxygen atoms in total. The van der Waals surface area contributed by atoms with E-state index in [1.54, 1.807) is 11.3 Å². The molecule has 0 aliphatic rings. The van der Waals surface area contributed by atoms with Crippen LogP contribution in [0.4, 0.5) is 5.69 Å². The van der Waals surface area contributed by atoms with Crippen molar-refractivity contribution in [1.29, 1.82) is 0 Å². The zero-order valence-corrected chi connectivity index (χ0v) is 14.1. The molecule has 2 rings (SSSR count). The van der Waals surface area contributed by atoms with Crippen LogP contribution in [0.15, 0.2) is 28.7 Å². The third-order valence-corrected chi connectivity index (χ3v) is 5.16. The van der Waals surface area contributed by atoms with Gasteiger partial charge in [0.25, 0.3) is 0 Å². The summed E-state index contributed by atoms with van der Waals surface area (Å²) >= 11 is 17.1. The van der Waals surface area contributed by atoms with Crippen molar-refractivity contribution in [3.05, 3.63) is 43.0 Å². The number of ether oxygens (including phenoxy) is 1. The molecule has 2 aromatic rings. The minimum absolute atomic E-state index is 0.605. The highest BCUT2D eigenvalue weighted by atomic mass is 79.9. The molecule has 19 heavy (non-hydrogen) atoms. The Bertz CT molecular complexity index is 554. The SMILES string of the molecule is CCOc1ccc(NCc2cc(Br)c(Cl)s2)cc1Cl. The van der Waals surface area contributed by atoms with Crippen molar-refractivity contribution in [2.24, 2.45) is 0 Å². The third-order valence-electron chi connectivity index (χ3n) is 2.39. The molecule has 0 bridgehead atoms. The Morgan fingerprint density at radius 3 is 2.68 bits per heavy atom. The van der Waals surface area contributed by atoms with Gasteiger partial charge in [0, 0.05) is 21.6 Å². The minimum Gasteiger partial charge on any atom is -0.492 e. The van der Waals surface area contributed by atoms with E-state index in [0.29, 0.717) is 23.9 Å². The molecular formula is C13H12BrCl2NOS. The van der Waals surface area contributed by atoms with Gasteiger partial charge in [-0.15, -0.1) is 11.3 Å². The maximum absolute atomic E-state index is 6.13. The Hall–Kier alpha value is -0.420. The lowest BCUT2D eigenvalue weighted by molar-refractivity contribution is 0.340. The standard InChI is InChI=1S/C13H12BrCl2NOS/c1-2-18-12-4-3-8(5-11(12)15)17-7-9-6-10(14)13(16)19-9/h3-6,17H,2,7H2,1H3. The average molecular weight is 381 g/mol. The topological polar surface area (TPSA) is 21.3 Å². The highest BCUT2D eigenvalue weighted by Crippen LogP contribution is 2.33. The number of benzene rings is 1. The zero-order chi connectivity index (χ0) is 13.8. The molecule has 102 valence electrons. The van der Waals surface area contributed by atoms with Crippen LogP contribution in [0.5, 0.6) is 5.75 Å². The molecule has 1 aromatic heterocycles. The van der Waals surface area contributed by atoms with Crippen molar-refractivity contribution in [2.75, 3.05) is 11.9 Å². The molecule has 1 aromatic carbocycles. The van der Waals surface area contributed by atoms with Crippen LogP contribution in [-0.4, -0.2) is 6.61 Å². The largest absolute Gasteiger partial charge is 0.492 e. The second-order valence-electron chi connectivity index (χ2n) is 3.77. The Kier molecular flexibility index (Phi) is 5.39. The normalized spacial score (nSPS) is 10.5. The van der Waals surface area contributed by atoms with E-state index in [-0.39, 0.29) is 0 Å². The van der Waals surface area contributed by atoms with Gasteiger partial charge in [0.1, 0.15) is 10.1 Å². The highest BCUT2D eigenvalue weighted by Gasteiger charge is 2.06. The van der Waals surface area contributed by atoms with Gasteiger partial charge >= 0.3 is 0 Å². The van der Waals surface area contributed by atoms with Gasteiger partial charge in [-0.25, -0.2) is 0 Å². The van der Waals surface area contributed by atoms with Gasteiger partial charge in [-0.1, -0.05) is 23.2 Å². The predicted octanol–water partition coefficient (Wildman–Crippen LogP) is 5.83. The van der Waals surface area contributed by atoms with Crippen LogP contribution in [0.1, 0.15) is 11.8 Å². The summed E-state index contributed by atoms with van der Waals surface area (Å²) in [6.07, 6.45) is 0. The molecule has 1 heterocycles. The Balaban J connectivity index is 2.01. The second kappa shape index (κ2) is 6.84. The summed E-state index contributed by atoms with van der Waals surface area (Å²) in [7, 11) is 0. The number of rotatable bonds is 5. The third kappa shape index (κ3) is 4.02. The summed E-state index contributed by atoms with van der Waals surface area (Å²) in [5.41, 5.74) is 0.953. The lowest BCUT2D eigenvalue weighted by atomic mass is 10.3. The van der Waals surface area contributed by atoms with Crippen LogP contribution in [0, 0.1) is 0 Å². The molecule has 0 aliphatic heterocycles. The molecule has 0 radical (unpaired) electrons. The molecule has 0 amide bonds. The first-order valence-electron chi connectivity index (χ1n) is 5.70. The summed E-state index contributed by atoms with van der Waals surface area (Å²) in [5, 5.41) is 3.91. The van der Waals surface area contributed by atoms with Crippen LogP contribution >= 0.6 is 50.5 Å². The summed E-state index contributed by atoms with van der Waals surface area (Å²) in [4.78, 5) is 1.15. The van der Waals surface area contributed by atoms with Crippen LogP contribution in [0.3, 0.4) is 0 Å². The summed E-state index contributed by atoms with van der Waals surface area (Å²) in [5.74, 6) is 0.705. The van der Waals surface area contributed by atoms with E-state index in [9.17, 15) is 0 Å². The minimum atomic E-state index is 0.605. The van der Waals surface area contributed by atoms with E-state index in [4.69, 9.17) is 27.9 Å². The maximum atomic E-state index is 6.13. The lowest BCUT2D eigenvalue weighted by Gasteiger charge is -2.09. The van der Waals surface area contributed by atoms with E-state index < -0.39 is 0 Å². The Labute approximate surface area is 134 Å². The van der Waals surface area contributed by atoms with Gasteiger partial charge < -0.3 is 10.1 Å². The van der Waals surface area contributed by atoms with Crippen molar-refractivity contribution < 1.29 is 4.74 Å². The van der Waals surface area contributed by atoms with Crippen LogP contribution in [0.25, 0.3) is 0 Å². The molecule has 0 atom stereocenters. The fourth-order valence-corrected chi connectivity index (χ4v) is 3.52. The molecule has 6 heteroatoms. The van der Waals surface area contributed by atoms with Gasteiger partial charge in [0.05, 0.1) is 11.6 Å². The molecule has 0 aliphatic carbocycles. The number of hydrogen-bond donors (Lipinski definition) is 1. The quantitative estimate of drug-likeness (QED) is 0.704.